The predicted octanol–water partition coefficient (Wildman–Crippen LogP) is 11.6. The van der Waals surface area contributed by atoms with Gasteiger partial charge in [0.25, 0.3) is 0 Å². The van der Waals surface area contributed by atoms with Gasteiger partial charge in [0.1, 0.15) is 0 Å². The molecular weight excluding hydrogens is 848 g/mol. The van der Waals surface area contributed by atoms with E-state index < -0.39 is 15.7 Å². The van der Waals surface area contributed by atoms with Crippen LogP contribution in [0.2, 0.25) is 0 Å². The first-order valence-corrected chi connectivity index (χ1v) is 21.6. The quantitative estimate of drug-likeness (QED) is 0.165. The van der Waals surface area contributed by atoms with E-state index in [4.69, 9.17) is 19.2 Å². The van der Waals surface area contributed by atoms with Crippen LogP contribution in [0.3, 0.4) is 0 Å². The molecule has 8 rings (SSSR count). The van der Waals surface area contributed by atoms with Gasteiger partial charge in [0.2, 0.25) is 0 Å². The van der Waals surface area contributed by atoms with Crippen molar-refractivity contribution in [3.8, 4) is 45.0 Å². The summed E-state index contributed by atoms with van der Waals surface area (Å²) in [4.78, 5) is 16.9. The average molecular weight is 880 g/mol. The smallest absolute Gasteiger partial charge is 0.0160 e. The first kappa shape index (κ1) is 38.5. The maximum absolute atomic E-state index is 4.89. The fourth-order valence-corrected chi connectivity index (χ4v) is 4.30. The second-order valence-corrected chi connectivity index (χ2v) is 13.5. The monoisotopic (exact) mass is 879 g/mol. The van der Waals surface area contributed by atoms with Crippen LogP contribution in [-0.2, 0) is 15.7 Å². The van der Waals surface area contributed by atoms with E-state index in [9.17, 15) is 0 Å². The van der Waals surface area contributed by atoms with E-state index in [1.165, 1.54) is 0 Å². The normalized spacial score (nSPS) is 9.53. The molecule has 4 aromatic carbocycles. The molecule has 0 radical (unpaired) electrons. The van der Waals surface area contributed by atoms with Crippen LogP contribution in [0, 0.1) is 24.3 Å². The van der Waals surface area contributed by atoms with Crippen LogP contribution in [0.25, 0.3) is 45.0 Å². The van der Waals surface area contributed by atoms with Gasteiger partial charge >= 0.3 is 34.8 Å². The molecule has 0 aliphatic carbocycles. The number of hydrogen-bond acceptors (Lipinski definition) is 4. The van der Waals surface area contributed by atoms with Gasteiger partial charge in [0.15, 0.2) is 0 Å². The molecule has 51 heavy (non-hydrogen) atoms. The van der Waals surface area contributed by atoms with Gasteiger partial charge in [-0.15, -0.1) is 144 Å². The number of aromatic nitrogens is 4. The first-order chi connectivity index (χ1) is 25.3. The molecule has 0 atom stereocenters. The Kier molecular flexibility index (Phi) is 18.1. The largest absolute Gasteiger partial charge is 0.305 e. The summed E-state index contributed by atoms with van der Waals surface area (Å²) < 4.78 is 0. The maximum atomic E-state index is 4.89. The van der Waals surface area contributed by atoms with Gasteiger partial charge in [-0.25, -0.2) is 0 Å². The van der Waals surface area contributed by atoms with E-state index >= 15 is 0 Å². The molecule has 254 valence electrons. The Hall–Kier alpha value is -5.29. The summed E-state index contributed by atoms with van der Waals surface area (Å²) in [5, 5.41) is 0. The van der Waals surface area contributed by atoms with Crippen molar-refractivity contribution in [2.24, 2.45) is 0 Å². The van der Waals surface area contributed by atoms with Crippen LogP contribution in [0.4, 0.5) is 0 Å². The number of rotatable bonds is 4. The van der Waals surface area contributed by atoms with Crippen molar-refractivity contribution in [2.75, 3.05) is 0 Å². The topological polar surface area (TPSA) is 51.6 Å². The van der Waals surface area contributed by atoms with Crippen molar-refractivity contribution in [3.05, 3.63) is 219 Å². The molecule has 0 saturated carbocycles. The average Bonchev–Trinajstić information content (AvgIpc) is 3.24. The van der Waals surface area contributed by atoms with Crippen LogP contribution in [0.5, 0.6) is 0 Å². The van der Waals surface area contributed by atoms with E-state index in [1.807, 2.05) is 170 Å². The molecule has 0 amide bonds. The molecule has 8 aromatic rings. The summed E-state index contributed by atoms with van der Waals surface area (Å²) in [6.07, 6.45) is 7.15. The molecule has 0 bridgehead atoms. The third-order valence-corrected chi connectivity index (χ3v) is 6.60. The van der Waals surface area contributed by atoms with Gasteiger partial charge < -0.3 is 19.9 Å². The van der Waals surface area contributed by atoms with Gasteiger partial charge in [0.05, 0.1) is 0 Å². The molecule has 0 fully saturated rings. The second-order valence-electron chi connectivity index (χ2n) is 10.0. The Bertz CT molecular complexity index is 1550. The summed E-state index contributed by atoms with van der Waals surface area (Å²) in [5.74, 6) is 0. The molecule has 0 spiro atoms. The van der Waals surface area contributed by atoms with E-state index in [-0.39, 0.29) is 0 Å². The Morgan fingerprint density at radius 3 is 0.686 bits per heavy atom. The zero-order valence-electron chi connectivity index (χ0n) is 27.4. The second kappa shape index (κ2) is 24.0. The van der Waals surface area contributed by atoms with Crippen molar-refractivity contribution < 1.29 is 15.7 Å². The molecule has 0 saturated heterocycles. The Morgan fingerprint density at radius 1 is 0.314 bits per heavy atom. The summed E-state index contributed by atoms with van der Waals surface area (Å²) in [7, 11) is 9.78. The number of hydrogen-bond donors (Lipinski definition) is 0. The predicted molar refractivity (Wildman–Crippen MR) is 206 cm³/mol. The van der Waals surface area contributed by atoms with E-state index in [0.29, 0.717) is 0 Å². The molecule has 0 unspecified atom stereocenters. The third kappa shape index (κ3) is 14.6. The zero-order chi connectivity index (χ0) is 35.6. The fraction of sp³-hybridized carbons (Fsp3) is 0. The Morgan fingerprint density at radius 2 is 0.529 bits per heavy atom. The van der Waals surface area contributed by atoms with Crippen LogP contribution in [0.15, 0.2) is 195 Å². The minimum Gasteiger partial charge on any atom is -0.305 e. The first-order valence-electron chi connectivity index (χ1n) is 15.6. The van der Waals surface area contributed by atoms with E-state index in [2.05, 4.69) is 44.2 Å². The van der Waals surface area contributed by atoms with Crippen molar-refractivity contribution in [1.29, 1.82) is 0 Å². The maximum Gasteiger partial charge on any atom is 0.0160 e. The molecule has 4 heterocycles. The molecule has 4 nitrogen and oxygen atoms in total. The van der Waals surface area contributed by atoms with E-state index in [1.54, 1.807) is 24.8 Å². The molecule has 0 aliphatic rings. The van der Waals surface area contributed by atoms with Crippen LogP contribution < -0.4 is 0 Å². The number of nitrogens with zero attached hydrogens (tertiary/aromatic N) is 4. The summed E-state index contributed by atoms with van der Waals surface area (Å²) >= 11 is -0.556. The van der Waals surface area contributed by atoms with Crippen molar-refractivity contribution in [2.45, 2.75) is 0 Å². The standard InChI is InChI=1S/4C11H8N.2ClH.Ir/c4*1-2-6-10(7-3-1)11-8-4-5-9-12-11;;;/h4*1-6,8-9H;2*1H;/q4*-1;;;+3/p-2. The molecule has 0 aliphatic heterocycles. The molecule has 7 heteroatoms. The summed E-state index contributed by atoms with van der Waals surface area (Å²) in [6.45, 7) is 0. The third-order valence-electron chi connectivity index (χ3n) is 6.60. The SMILES string of the molecule is [Cl][Ir+][Cl].[c-]1ccccc1-c1ccccn1.[c-]1ccccc1-c1ccccn1.[c-]1ccccc1-c1ccccn1.[c-]1ccccc1-c1ccccn1. The number of benzene rings is 4. The van der Waals surface area contributed by atoms with Gasteiger partial charge in [-0.1, -0.05) is 48.5 Å². The zero-order valence-corrected chi connectivity index (χ0v) is 31.3. The van der Waals surface area contributed by atoms with Crippen LogP contribution in [-0.4, -0.2) is 19.9 Å². The van der Waals surface area contributed by atoms with Gasteiger partial charge in [0, 0.05) is 24.8 Å². The molecular formula is C44H32Cl2IrN4-3. The minimum atomic E-state index is -0.556. The Balaban J connectivity index is 0.000000148. The van der Waals surface area contributed by atoms with Crippen molar-refractivity contribution >= 4 is 19.2 Å². The van der Waals surface area contributed by atoms with Crippen LogP contribution >= 0.6 is 19.2 Å². The van der Waals surface area contributed by atoms with E-state index in [0.717, 1.165) is 45.0 Å². The Labute approximate surface area is 316 Å². The van der Waals surface area contributed by atoms with Gasteiger partial charge in [-0.05, 0) is 47.0 Å². The summed E-state index contributed by atoms with van der Waals surface area (Å²) in [5.41, 5.74) is 8.04. The van der Waals surface area contributed by atoms with Crippen molar-refractivity contribution in [3.63, 3.8) is 0 Å². The molecule has 0 N–H and O–H groups in total. The van der Waals surface area contributed by atoms with Gasteiger partial charge in [-0.2, -0.15) is 0 Å². The van der Waals surface area contributed by atoms with Gasteiger partial charge in [-0.3, -0.25) is 0 Å². The number of halogens is 2. The number of pyridine rings is 4. The van der Waals surface area contributed by atoms with Crippen molar-refractivity contribution in [1.82, 2.24) is 19.9 Å². The van der Waals surface area contributed by atoms with Crippen LogP contribution in [0.1, 0.15) is 0 Å². The minimum absolute atomic E-state index is 0.556. The fourth-order valence-electron chi connectivity index (χ4n) is 4.30. The molecule has 4 aromatic heterocycles. The summed E-state index contributed by atoms with van der Waals surface area (Å²) in [6, 6.07) is 67.3.